The second kappa shape index (κ2) is 6.06. The van der Waals surface area contributed by atoms with Gasteiger partial charge in [0.05, 0.1) is 5.60 Å². The van der Waals surface area contributed by atoms with Crippen LogP contribution in [0.15, 0.2) is 47.2 Å². The fourth-order valence-corrected chi connectivity index (χ4v) is 4.49. The van der Waals surface area contributed by atoms with Crippen LogP contribution in [0.25, 0.3) is 0 Å². The molecule has 1 aliphatic carbocycles. The van der Waals surface area contributed by atoms with Crippen molar-refractivity contribution < 1.29 is 14.4 Å². The molecule has 5 heteroatoms. The first-order valence-corrected chi connectivity index (χ1v) is 8.69. The van der Waals surface area contributed by atoms with E-state index >= 15 is 0 Å². The predicted molar refractivity (Wildman–Crippen MR) is 88.2 cm³/mol. The highest BCUT2D eigenvalue weighted by Crippen LogP contribution is 2.47. The van der Waals surface area contributed by atoms with Crippen molar-refractivity contribution in [1.82, 2.24) is 10.1 Å². The Morgan fingerprint density at radius 1 is 1.21 bits per heavy atom. The van der Waals surface area contributed by atoms with E-state index in [4.69, 9.17) is 4.52 Å². The molecule has 24 heavy (non-hydrogen) atoms. The highest BCUT2D eigenvalue weighted by atomic mass is 16.5. The normalized spacial score (nSPS) is 30.0. The van der Waals surface area contributed by atoms with Gasteiger partial charge in [0.15, 0.2) is 5.69 Å². The third-order valence-electron chi connectivity index (χ3n) is 5.67. The molecule has 1 amide bonds. The van der Waals surface area contributed by atoms with E-state index in [9.17, 15) is 9.90 Å². The molecule has 0 radical (unpaired) electrons. The number of hydrogen-bond donors (Lipinski definition) is 1. The minimum Gasteiger partial charge on any atom is -0.385 e. The number of benzene rings is 1. The molecule has 4 rings (SSSR count). The number of piperidine rings is 1. The molecule has 3 atom stereocenters. The third kappa shape index (κ3) is 2.44. The van der Waals surface area contributed by atoms with Crippen LogP contribution in [0.5, 0.6) is 0 Å². The van der Waals surface area contributed by atoms with Gasteiger partial charge in [-0.05, 0) is 24.8 Å². The molecule has 126 valence electrons. The van der Waals surface area contributed by atoms with E-state index in [0.717, 1.165) is 31.2 Å². The summed E-state index contributed by atoms with van der Waals surface area (Å²) in [5.41, 5.74) is 0.465. The maximum absolute atomic E-state index is 12.8. The van der Waals surface area contributed by atoms with Crippen LogP contribution >= 0.6 is 0 Å². The van der Waals surface area contributed by atoms with Gasteiger partial charge in [0.25, 0.3) is 5.91 Å². The monoisotopic (exact) mass is 326 g/mol. The van der Waals surface area contributed by atoms with Crippen molar-refractivity contribution in [2.45, 2.75) is 43.7 Å². The molecule has 1 aromatic carbocycles. The van der Waals surface area contributed by atoms with Crippen molar-refractivity contribution in [3.63, 3.8) is 0 Å². The van der Waals surface area contributed by atoms with Crippen LogP contribution in [0.1, 0.15) is 48.2 Å². The van der Waals surface area contributed by atoms with Crippen LogP contribution in [-0.4, -0.2) is 33.7 Å². The van der Waals surface area contributed by atoms with Crippen molar-refractivity contribution in [3.05, 3.63) is 53.9 Å². The van der Waals surface area contributed by atoms with E-state index in [1.807, 2.05) is 35.2 Å². The summed E-state index contributed by atoms with van der Waals surface area (Å²) >= 11 is 0. The predicted octanol–water partition coefficient (Wildman–Crippen LogP) is 2.97. The summed E-state index contributed by atoms with van der Waals surface area (Å²) in [6.07, 6.45) is 6.05. The number of hydrogen-bond acceptors (Lipinski definition) is 4. The lowest BCUT2D eigenvalue weighted by atomic mass is 9.66. The van der Waals surface area contributed by atoms with Gasteiger partial charge in [-0.15, -0.1) is 0 Å². The van der Waals surface area contributed by atoms with Gasteiger partial charge in [-0.3, -0.25) is 4.79 Å². The van der Waals surface area contributed by atoms with E-state index in [2.05, 4.69) is 5.16 Å². The average molecular weight is 326 g/mol. The Bertz CT molecular complexity index is 701. The number of aliphatic hydroxyl groups is 1. The van der Waals surface area contributed by atoms with Gasteiger partial charge in [-0.25, -0.2) is 0 Å². The Morgan fingerprint density at radius 3 is 2.75 bits per heavy atom. The summed E-state index contributed by atoms with van der Waals surface area (Å²) in [5, 5.41) is 15.3. The van der Waals surface area contributed by atoms with Crippen molar-refractivity contribution in [3.8, 4) is 0 Å². The SMILES string of the molecule is O=C(c1ccon1)N1CCC(O)(c2ccccc2)C2CCCCC21. The molecule has 5 nitrogen and oxygen atoms in total. The Balaban J connectivity index is 1.66. The Labute approximate surface area is 141 Å². The number of rotatable bonds is 2. The van der Waals surface area contributed by atoms with Gasteiger partial charge >= 0.3 is 0 Å². The van der Waals surface area contributed by atoms with Gasteiger partial charge in [-0.1, -0.05) is 48.3 Å². The van der Waals surface area contributed by atoms with Gasteiger partial charge in [-0.2, -0.15) is 0 Å². The summed E-state index contributed by atoms with van der Waals surface area (Å²) in [6.45, 7) is 0.540. The van der Waals surface area contributed by atoms with Crippen molar-refractivity contribution in [2.24, 2.45) is 5.92 Å². The van der Waals surface area contributed by atoms with Crippen LogP contribution < -0.4 is 0 Å². The number of nitrogens with zero attached hydrogens (tertiary/aromatic N) is 2. The molecule has 1 aliphatic heterocycles. The highest BCUT2D eigenvalue weighted by Gasteiger charge is 2.50. The number of aromatic nitrogens is 1. The topological polar surface area (TPSA) is 66.6 Å². The summed E-state index contributed by atoms with van der Waals surface area (Å²) in [4.78, 5) is 14.7. The fourth-order valence-electron chi connectivity index (χ4n) is 4.49. The van der Waals surface area contributed by atoms with Gasteiger partial charge in [0.1, 0.15) is 6.26 Å². The summed E-state index contributed by atoms with van der Waals surface area (Å²) in [6, 6.07) is 11.6. The van der Waals surface area contributed by atoms with Crippen LogP contribution in [0.3, 0.4) is 0 Å². The zero-order chi connectivity index (χ0) is 16.6. The van der Waals surface area contributed by atoms with Gasteiger partial charge in [0, 0.05) is 24.6 Å². The number of fused-ring (bicyclic) bond motifs is 1. The number of likely N-dealkylation sites (tertiary alicyclic amines) is 1. The quantitative estimate of drug-likeness (QED) is 0.921. The lowest BCUT2D eigenvalue weighted by molar-refractivity contribution is -0.110. The Kier molecular flexibility index (Phi) is 3.88. The van der Waals surface area contributed by atoms with Crippen LogP contribution in [0.2, 0.25) is 0 Å². The molecule has 1 N–H and O–H groups in total. The molecule has 2 aromatic rings. The molecular formula is C19H22N2O3. The van der Waals surface area contributed by atoms with E-state index < -0.39 is 5.60 Å². The average Bonchev–Trinajstić information content (AvgIpc) is 3.17. The molecule has 0 bridgehead atoms. The molecule has 2 heterocycles. The second-order valence-corrected chi connectivity index (χ2v) is 6.88. The number of amides is 1. The smallest absolute Gasteiger partial charge is 0.276 e. The molecule has 1 saturated heterocycles. The van der Waals surface area contributed by atoms with E-state index in [0.29, 0.717) is 18.7 Å². The van der Waals surface area contributed by atoms with E-state index in [-0.39, 0.29) is 17.9 Å². The van der Waals surface area contributed by atoms with Crippen molar-refractivity contribution in [1.29, 1.82) is 0 Å². The van der Waals surface area contributed by atoms with E-state index in [1.165, 1.54) is 6.26 Å². The zero-order valence-corrected chi connectivity index (χ0v) is 13.6. The number of carbonyl (C=O) groups is 1. The summed E-state index contributed by atoms with van der Waals surface area (Å²) < 4.78 is 4.83. The molecule has 0 spiro atoms. The largest absolute Gasteiger partial charge is 0.385 e. The van der Waals surface area contributed by atoms with Crippen LogP contribution in [0, 0.1) is 5.92 Å². The Morgan fingerprint density at radius 2 is 2.00 bits per heavy atom. The fraction of sp³-hybridized carbons (Fsp3) is 0.474. The number of carbonyl (C=O) groups excluding carboxylic acids is 1. The molecule has 1 saturated carbocycles. The molecule has 2 aliphatic rings. The van der Waals surface area contributed by atoms with Crippen molar-refractivity contribution in [2.75, 3.05) is 6.54 Å². The molecule has 3 unspecified atom stereocenters. The standard InChI is InChI=1S/C19H22N2O3/c22-18(16-10-13-24-20-16)21-12-11-19(23,14-6-2-1-3-7-14)15-8-4-5-9-17(15)21/h1-3,6-7,10,13,15,17,23H,4-5,8-9,11-12H2. The first-order valence-electron chi connectivity index (χ1n) is 8.69. The summed E-state index contributed by atoms with van der Waals surface area (Å²) in [5.74, 6) is -0.0194. The lowest BCUT2D eigenvalue weighted by Gasteiger charge is -2.52. The van der Waals surface area contributed by atoms with Gasteiger partial charge < -0.3 is 14.5 Å². The first-order chi connectivity index (χ1) is 11.7. The maximum Gasteiger partial charge on any atom is 0.276 e. The highest BCUT2D eigenvalue weighted by molar-refractivity contribution is 5.92. The minimum absolute atomic E-state index is 0.0573. The zero-order valence-electron chi connectivity index (χ0n) is 13.6. The minimum atomic E-state index is -0.854. The lowest BCUT2D eigenvalue weighted by Crippen LogP contribution is -2.59. The van der Waals surface area contributed by atoms with Gasteiger partial charge in [0.2, 0.25) is 0 Å². The van der Waals surface area contributed by atoms with Crippen molar-refractivity contribution >= 4 is 5.91 Å². The summed E-state index contributed by atoms with van der Waals surface area (Å²) in [7, 11) is 0. The second-order valence-electron chi connectivity index (χ2n) is 6.88. The van der Waals surface area contributed by atoms with E-state index in [1.54, 1.807) is 6.07 Å². The maximum atomic E-state index is 12.8. The molecule has 1 aromatic heterocycles. The Hall–Kier alpha value is -2.14. The first kappa shape index (κ1) is 15.4. The molecular weight excluding hydrogens is 304 g/mol. The van der Waals surface area contributed by atoms with Crippen LogP contribution in [0.4, 0.5) is 0 Å². The third-order valence-corrected chi connectivity index (χ3v) is 5.67. The molecule has 2 fully saturated rings. The van der Waals surface area contributed by atoms with Crippen LogP contribution in [-0.2, 0) is 5.60 Å².